The fourth-order valence-electron chi connectivity index (χ4n) is 2.46. The van der Waals surface area contributed by atoms with Gasteiger partial charge in [-0.2, -0.15) is 0 Å². The van der Waals surface area contributed by atoms with Gasteiger partial charge in [0.1, 0.15) is 0 Å². The van der Waals surface area contributed by atoms with Gasteiger partial charge in [0.05, 0.1) is 17.9 Å². The van der Waals surface area contributed by atoms with E-state index in [1.165, 1.54) is 4.90 Å². The zero-order chi connectivity index (χ0) is 17.3. The Morgan fingerprint density at radius 1 is 1.21 bits per heavy atom. The quantitative estimate of drug-likeness (QED) is 0.900. The summed E-state index contributed by atoms with van der Waals surface area (Å²) in [5.74, 6) is -0.0802. The molecule has 7 heteroatoms. The lowest BCUT2D eigenvalue weighted by Crippen LogP contribution is -2.27. The molecule has 1 N–H and O–H groups in total. The molecule has 5 nitrogen and oxygen atoms in total. The SMILES string of the molecule is Cc1cc(C(=O)Nc2ccc(CN3C(=O)CSC3=O)cc2)c(C)s1. The highest BCUT2D eigenvalue weighted by Crippen LogP contribution is 2.23. The number of aryl methyl sites for hydroxylation is 2. The van der Waals surface area contributed by atoms with Crippen LogP contribution in [0.2, 0.25) is 0 Å². The minimum absolute atomic E-state index is 0.133. The van der Waals surface area contributed by atoms with Crippen molar-refractivity contribution in [3.8, 4) is 0 Å². The number of carbonyl (C=O) groups excluding carboxylic acids is 3. The highest BCUT2D eigenvalue weighted by Gasteiger charge is 2.29. The van der Waals surface area contributed by atoms with Crippen molar-refractivity contribution in [2.45, 2.75) is 20.4 Å². The number of hydrogen-bond donors (Lipinski definition) is 1. The number of anilines is 1. The summed E-state index contributed by atoms with van der Waals surface area (Å²) in [6.07, 6.45) is 0. The summed E-state index contributed by atoms with van der Waals surface area (Å²) in [5, 5.41) is 2.66. The molecule has 0 saturated carbocycles. The topological polar surface area (TPSA) is 66.5 Å². The van der Waals surface area contributed by atoms with Crippen molar-refractivity contribution in [2.75, 3.05) is 11.1 Å². The van der Waals surface area contributed by atoms with E-state index >= 15 is 0 Å². The lowest BCUT2D eigenvalue weighted by molar-refractivity contribution is -0.125. The Hall–Kier alpha value is -2.12. The Morgan fingerprint density at radius 2 is 1.92 bits per heavy atom. The first-order chi connectivity index (χ1) is 11.4. The number of thiophene rings is 1. The molecule has 1 aromatic heterocycles. The maximum absolute atomic E-state index is 12.3. The van der Waals surface area contributed by atoms with E-state index < -0.39 is 0 Å². The molecule has 124 valence electrons. The number of nitrogens with one attached hydrogen (secondary N) is 1. The van der Waals surface area contributed by atoms with Crippen molar-refractivity contribution in [2.24, 2.45) is 0 Å². The Balaban J connectivity index is 1.66. The van der Waals surface area contributed by atoms with Crippen molar-refractivity contribution >= 4 is 45.8 Å². The van der Waals surface area contributed by atoms with E-state index in [4.69, 9.17) is 0 Å². The molecule has 1 fully saturated rings. The minimum Gasteiger partial charge on any atom is -0.322 e. The average Bonchev–Trinajstić information content (AvgIpc) is 3.04. The van der Waals surface area contributed by atoms with E-state index in [2.05, 4.69) is 5.32 Å². The third kappa shape index (κ3) is 3.52. The van der Waals surface area contributed by atoms with Crippen LogP contribution in [0.5, 0.6) is 0 Å². The molecule has 0 unspecified atom stereocenters. The molecule has 2 heterocycles. The van der Waals surface area contributed by atoms with Crippen LogP contribution in [0.25, 0.3) is 0 Å². The molecule has 3 rings (SSSR count). The van der Waals surface area contributed by atoms with Crippen molar-refractivity contribution < 1.29 is 14.4 Å². The molecule has 0 radical (unpaired) electrons. The molecule has 3 amide bonds. The number of amides is 3. The summed E-state index contributed by atoms with van der Waals surface area (Å²) < 4.78 is 0. The first-order valence-electron chi connectivity index (χ1n) is 7.38. The molecule has 1 aromatic carbocycles. The van der Waals surface area contributed by atoms with Crippen LogP contribution in [0, 0.1) is 13.8 Å². The van der Waals surface area contributed by atoms with Crippen LogP contribution in [0.15, 0.2) is 30.3 Å². The molecular weight excluding hydrogens is 344 g/mol. The van der Waals surface area contributed by atoms with E-state index in [0.717, 1.165) is 27.1 Å². The van der Waals surface area contributed by atoms with E-state index in [1.54, 1.807) is 23.5 Å². The highest BCUT2D eigenvalue weighted by molar-refractivity contribution is 8.14. The second-order valence-corrected chi connectivity index (χ2v) is 7.90. The molecule has 24 heavy (non-hydrogen) atoms. The fourth-order valence-corrected chi connectivity index (χ4v) is 4.11. The second-order valence-electron chi connectivity index (χ2n) is 5.51. The summed E-state index contributed by atoms with van der Waals surface area (Å²) in [6, 6.07) is 9.06. The normalized spacial score (nSPS) is 14.3. The van der Waals surface area contributed by atoms with Gasteiger partial charge in [0.2, 0.25) is 5.91 Å². The van der Waals surface area contributed by atoms with E-state index in [-0.39, 0.29) is 29.4 Å². The Labute approximate surface area is 148 Å². The molecule has 2 aromatic rings. The van der Waals surface area contributed by atoms with E-state index in [9.17, 15) is 14.4 Å². The molecule has 0 spiro atoms. The number of benzene rings is 1. The summed E-state index contributed by atoms with van der Waals surface area (Å²) >= 11 is 2.62. The number of imide groups is 1. The number of thioether (sulfide) groups is 1. The number of nitrogens with zero attached hydrogens (tertiary/aromatic N) is 1. The van der Waals surface area contributed by atoms with Gasteiger partial charge in [-0.1, -0.05) is 23.9 Å². The lowest BCUT2D eigenvalue weighted by atomic mass is 10.2. The van der Waals surface area contributed by atoms with E-state index in [1.807, 2.05) is 32.0 Å². The Kier molecular flexibility index (Phi) is 4.73. The fraction of sp³-hybridized carbons (Fsp3) is 0.235. The first-order valence-corrected chi connectivity index (χ1v) is 9.18. The molecule has 1 saturated heterocycles. The second kappa shape index (κ2) is 6.78. The van der Waals surface area contributed by atoms with Crippen molar-refractivity contribution in [3.05, 3.63) is 51.2 Å². The van der Waals surface area contributed by atoms with Gasteiger partial charge in [-0.3, -0.25) is 19.3 Å². The third-order valence-electron chi connectivity index (χ3n) is 3.68. The number of hydrogen-bond acceptors (Lipinski definition) is 5. The average molecular weight is 360 g/mol. The van der Waals surface area contributed by atoms with Gasteiger partial charge in [0, 0.05) is 15.4 Å². The maximum atomic E-state index is 12.3. The Morgan fingerprint density at radius 3 is 2.46 bits per heavy atom. The molecule has 0 bridgehead atoms. The maximum Gasteiger partial charge on any atom is 0.289 e. The summed E-state index contributed by atoms with van der Waals surface area (Å²) in [6.45, 7) is 4.17. The van der Waals surface area contributed by atoms with Crippen LogP contribution in [0.1, 0.15) is 25.7 Å². The van der Waals surface area contributed by atoms with E-state index in [0.29, 0.717) is 11.3 Å². The number of carbonyl (C=O) groups is 3. The predicted octanol–water partition coefficient (Wildman–Crippen LogP) is 3.81. The zero-order valence-electron chi connectivity index (χ0n) is 13.3. The summed E-state index contributed by atoms with van der Waals surface area (Å²) in [4.78, 5) is 38.9. The lowest BCUT2D eigenvalue weighted by Gasteiger charge is -2.13. The van der Waals surface area contributed by atoms with Gasteiger partial charge in [-0.15, -0.1) is 11.3 Å². The van der Waals surface area contributed by atoms with Crippen molar-refractivity contribution in [3.63, 3.8) is 0 Å². The van der Waals surface area contributed by atoms with Crippen LogP contribution in [-0.2, 0) is 11.3 Å². The molecule has 1 aliphatic heterocycles. The van der Waals surface area contributed by atoms with Crippen molar-refractivity contribution in [1.29, 1.82) is 0 Å². The van der Waals surface area contributed by atoms with Gasteiger partial charge >= 0.3 is 0 Å². The van der Waals surface area contributed by atoms with Gasteiger partial charge in [-0.25, -0.2) is 0 Å². The van der Waals surface area contributed by atoms with Crippen LogP contribution in [0.4, 0.5) is 10.5 Å². The van der Waals surface area contributed by atoms with Gasteiger partial charge in [0.15, 0.2) is 0 Å². The van der Waals surface area contributed by atoms with Crippen molar-refractivity contribution in [1.82, 2.24) is 4.90 Å². The zero-order valence-corrected chi connectivity index (χ0v) is 14.9. The monoisotopic (exact) mass is 360 g/mol. The summed E-state index contributed by atoms with van der Waals surface area (Å²) in [5.41, 5.74) is 2.21. The minimum atomic E-state index is -0.208. The van der Waals surface area contributed by atoms with Gasteiger partial charge < -0.3 is 5.32 Å². The molecule has 0 atom stereocenters. The Bertz CT molecular complexity index is 796. The molecule has 0 aliphatic carbocycles. The van der Waals surface area contributed by atoms with Crippen LogP contribution in [-0.4, -0.2) is 27.7 Å². The summed E-state index contributed by atoms with van der Waals surface area (Å²) in [7, 11) is 0. The molecule has 1 aliphatic rings. The van der Waals surface area contributed by atoms with Crippen LogP contribution >= 0.6 is 23.1 Å². The molecular formula is C17H16N2O3S2. The highest BCUT2D eigenvalue weighted by atomic mass is 32.2. The first kappa shape index (κ1) is 16.7. The standard InChI is InChI=1S/C17H16N2O3S2/c1-10-7-14(11(2)24-10)16(21)18-13-5-3-12(4-6-13)8-19-15(20)9-23-17(19)22/h3-7H,8-9H2,1-2H3,(H,18,21). The predicted molar refractivity (Wildman–Crippen MR) is 96.6 cm³/mol. The van der Waals surface area contributed by atoms with Gasteiger partial charge in [-0.05, 0) is 37.6 Å². The largest absolute Gasteiger partial charge is 0.322 e. The number of rotatable bonds is 4. The van der Waals surface area contributed by atoms with Crippen LogP contribution < -0.4 is 5.32 Å². The smallest absolute Gasteiger partial charge is 0.289 e. The van der Waals surface area contributed by atoms with Gasteiger partial charge in [0.25, 0.3) is 11.1 Å². The van der Waals surface area contributed by atoms with Crippen LogP contribution in [0.3, 0.4) is 0 Å². The third-order valence-corrected chi connectivity index (χ3v) is 5.50.